The zero-order valence-corrected chi connectivity index (χ0v) is 20.2. The highest BCUT2D eigenvalue weighted by Gasteiger charge is 2.19. The molecule has 8 heteroatoms. The fourth-order valence-corrected chi connectivity index (χ4v) is 3.66. The van der Waals surface area contributed by atoms with Gasteiger partial charge in [0.2, 0.25) is 17.1 Å². The molecule has 0 aliphatic carbocycles. The quantitative estimate of drug-likeness (QED) is 0.361. The van der Waals surface area contributed by atoms with Crippen molar-refractivity contribution in [3.8, 4) is 17.1 Å². The maximum atomic E-state index is 13.4. The Labute approximate surface area is 206 Å². The first kappa shape index (κ1) is 24.0. The summed E-state index contributed by atoms with van der Waals surface area (Å²) in [5.74, 6) is -0.487. The molecule has 0 radical (unpaired) electrons. The third-order valence-corrected chi connectivity index (χ3v) is 5.66. The van der Waals surface area contributed by atoms with Gasteiger partial charge < -0.3 is 19.8 Å². The lowest BCUT2D eigenvalue weighted by Crippen LogP contribution is -2.22. The predicted molar refractivity (Wildman–Crippen MR) is 137 cm³/mol. The summed E-state index contributed by atoms with van der Waals surface area (Å²) in [6, 6.07) is 17.0. The number of rotatable bonds is 6. The number of fused-ring (bicyclic) bond motifs is 1. The van der Waals surface area contributed by atoms with E-state index < -0.39 is 12.5 Å². The van der Waals surface area contributed by atoms with Crippen LogP contribution in [0.2, 0.25) is 5.02 Å². The Morgan fingerprint density at radius 3 is 2.14 bits per heavy atom. The van der Waals surface area contributed by atoms with Gasteiger partial charge in [0.1, 0.15) is 5.58 Å². The SMILES string of the molecule is CC(=O)Nc1ccc(NC(=O)COc2c(-c3ccc(Cl)cc3)oc3cc(C)c(C)cc3c2=O)cc1. The first-order chi connectivity index (χ1) is 16.7. The topological polar surface area (TPSA) is 97.6 Å². The van der Waals surface area contributed by atoms with E-state index in [1.807, 2.05) is 19.9 Å². The summed E-state index contributed by atoms with van der Waals surface area (Å²) in [6.45, 7) is 4.85. The van der Waals surface area contributed by atoms with E-state index in [1.54, 1.807) is 54.6 Å². The van der Waals surface area contributed by atoms with Crippen LogP contribution in [0.5, 0.6) is 5.75 Å². The lowest BCUT2D eigenvalue weighted by Gasteiger charge is -2.13. The highest BCUT2D eigenvalue weighted by Crippen LogP contribution is 2.32. The maximum Gasteiger partial charge on any atom is 0.262 e. The summed E-state index contributed by atoms with van der Waals surface area (Å²) in [5.41, 5.74) is 3.71. The molecule has 178 valence electrons. The minimum absolute atomic E-state index is 0.0563. The summed E-state index contributed by atoms with van der Waals surface area (Å²) >= 11 is 6.02. The first-order valence-electron chi connectivity index (χ1n) is 10.9. The number of benzene rings is 3. The minimum Gasteiger partial charge on any atom is -0.476 e. The molecule has 35 heavy (non-hydrogen) atoms. The molecular formula is C27H23ClN2O5. The zero-order chi connectivity index (χ0) is 25.1. The number of hydrogen-bond donors (Lipinski definition) is 2. The van der Waals surface area contributed by atoms with Crippen LogP contribution in [0, 0.1) is 13.8 Å². The third kappa shape index (κ3) is 5.53. The van der Waals surface area contributed by atoms with Crippen LogP contribution in [0.15, 0.2) is 69.9 Å². The van der Waals surface area contributed by atoms with Crippen LogP contribution in [-0.4, -0.2) is 18.4 Å². The molecule has 0 saturated carbocycles. The van der Waals surface area contributed by atoms with E-state index in [-0.39, 0.29) is 22.8 Å². The van der Waals surface area contributed by atoms with Gasteiger partial charge in [-0.05, 0) is 85.6 Å². The highest BCUT2D eigenvalue weighted by atomic mass is 35.5. The molecule has 0 fully saturated rings. The molecule has 1 aromatic heterocycles. The van der Waals surface area contributed by atoms with Crippen molar-refractivity contribution in [1.82, 2.24) is 0 Å². The molecule has 0 saturated heterocycles. The van der Waals surface area contributed by atoms with E-state index in [4.69, 9.17) is 20.8 Å². The standard InChI is InChI=1S/C27H23ClN2O5/c1-15-12-22-23(13-16(15)2)35-26(18-4-6-19(28)7-5-18)27(25(22)33)34-14-24(32)30-21-10-8-20(9-11-21)29-17(3)31/h4-13H,14H2,1-3H3,(H,29,31)(H,30,32). The van der Waals surface area contributed by atoms with Gasteiger partial charge in [-0.25, -0.2) is 0 Å². The number of carbonyl (C=O) groups is 2. The molecule has 0 unspecified atom stereocenters. The maximum absolute atomic E-state index is 13.4. The molecule has 0 bridgehead atoms. The lowest BCUT2D eigenvalue weighted by atomic mass is 10.0. The Morgan fingerprint density at radius 2 is 1.51 bits per heavy atom. The van der Waals surface area contributed by atoms with Gasteiger partial charge in [0.25, 0.3) is 5.91 Å². The van der Waals surface area contributed by atoms with Crippen LogP contribution >= 0.6 is 11.6 Å². The van der Waals surface area contributed by atoms with Crippen LogP contribution < -0.4 is 20.8 Å². The predicted octanol–water partition coefficient (Wildman–Crippen LogP) is 5.71. The first-order valence-corrected chi connectivity index (χ1v) is 11.2. The average molecular weight is 491 g/mol. The van der Waals surface area contributed by atoms with Crippen LogP contribution in [0.25, 0.3) is 22.3 Å². The second kappa shape index (κ2) is 10.0. The molecule has 7 nitrogen and oxygen atoms in total. The molecular weight excluding hydrogens is 468 g/mol. The van der Waals surface area contributed by atoms with E-state index in [0.29, 0.717) is 32.9 Å². The van der Waals surface area contributed by atoms with Crippen molar-refractivity contribution >= 4 is 45.8 Å². The summed E-state index contributed by atoms with van der Waals surface area (Å²) in [4.78, 5) is 37.1. The average Bonchev–Trinajstić information content (AvgIpc) is 2.81. The van der Waals surface area contributed by atoms with Crippen LogP contribution in [0.3, 0.4) is 0 Å². The Bertz CT molecular complexity index is 1480. The molecule has 0 aliphatic heterocycles. The van der Waals surface area contributed by atoms with Gasteiger partial charge in [-0.1, -0.05) is 11.6 Å². The number of aryl methyl sites for hydroxylation is 2. The normalized spacial score (nSPS) is 10.7. The van der Waals surface area contributed by atoms with Crippen molar-refractivity contribution in [2.45, 2.75) is 20.8 Å². The van der Waals surface area contributed by atoms with E-state index in [2.05, 4.69) is 10.6 Å². The van der Waals surface area contributed by atoms with E-state index in [9.17, 15) is 14.4 Å². The number of anilines is 2. The second-order valence-electron chi connectivity index (χ2n) is 8.12. The Hall–Kier alpha value is -4.10. The van der Waals surface area contributed by atoms with Crippen LogP contribution in [0.4, 0.5) is 11.4 Å². The van der Waals surface area contributed by atoms with Crippen LogP contribution in [-0.2, 0) is 9.59 Å². The lowest BCUT2D eigenvalue weighted by molar-refractivity contribution is -0.118. The van der Waals surface area contributed by atoms with Gasteiger partial charge in [0.05, 0.1) is 5.39 Å². The van der Waals surface area contributed by atoms with Crippen LogP contribution in [0.1, 0.15) is 18.1 Å². The van der Waals surface area contributed by atoms with Crippen molar-refractivity contribution in [3.05, 3.63) is 87.0 Å². The van der Waals surface area contributed by atoms with E-state index in [0.717, 1.165) is 11.1 Å². The number of nitrogens with one attached hydrogen (secondary N) is 2. The summed E-state index contributed by atoms with van der Waals surface area (Å²) in [6.07, 6.45) is 0. The van der Waals surface area contributed by atoms with Crippen molar-refractivity contribution < 1.29 is 18.7 Å². The summed E-state index contributed by atoms with van der Waals surface area (Å²) in [7, 11) is 0. The molecule has 4 aromatic rings. The second-order valence-corrected chi connectivity index (χ2v) is 8.56. The molecule has 2 amide bonds. The molecule has 3 aromatic carbocycles. The van der Waals surface area contributed by atoms with Gasteiger partial charge in [0, 0.05) is 28.9 Å². The van der Waals surface area contributed by atoms with Gasteiger partial charge in [-0.15, -0.1) is 0 Å². The van der Waals surface area contributed by atoms with E-state index >= 15 is 0 Å². The molecule has 1 heterocycles. The van der Waals surface area contributed by atoms with Gasteiger partial charge >= 0.3 is 0 Å². The summed E-state index contributed by atoms with van der Waals surface area (Å²) in [5, 5.41) is 6.27. The summed E-state index contributed by atoms with van der Waals surface area (Å²) < 4.78 is 11.8. The van der Waals surface area contributed by atoms with Gasteiger partial charge in [-0.2, -0.15) is 0 Å². The smallest absolute Gasteiger partial charge is 0.262 e. The van der Waals surface area contributed by atoms with Crippen molar-refractivity contribution in [1.29, 1.82) is 0 Å². The number of carbonyl (C=O) groups excluding carboxylic acids is 2. The van der Waals surface area contributed by atoms with Crippen molar-refractivity contribution in [2.24, 2.45) is 0 Å². The molecule has 0 spiro atoms. The monoisotopic (exact) mass is 490 g/mol. The zero-order valence-electron chi connectivity index (χ0n) is 19.4. The fraction of sp³-hybridized carbons (Fsp3) is 0.148. The fourth-order valence-electron chi connectivity index (χ4n) is 3.53. The molecule has 4 rings (SSSR count). The number of halogens is 1. The van der Waals surface area contributed by atoms with Crippen molar-refractivity contribution in [3.63, 3.8) is 0 Å². The number of hydrogen-bond acceptors (Lipinski definition) is 5. The van der Waals surface area contributed by atoms with Crippen molar-refractivity contribution in [2.75, 3.05) is 17.2 Å². The Balaban J connectivity index is 1.62. The molecule has 2 N–H and O–H groups in total. The minimum atomic E-state index is -0.459. The van der Waals surface area contributed by atoms with Gasteiger partial charge in [0.15, 0.2) is 12.4 Å². The number of ether oxygens (including phenoxy) is 1. The highest BCUT2D eigenvalue weighted by molar-refractivity contribution is 6.30. The largest absolute Gasteiger partial charge is 0.476 e. The number of amides is 2. The Morgan fingerprint density at radius 1 is 0.914 bits per heavy atom. The van der Waals surface area contributed by atoms with Gasteiger partial charge in [-0.3, -0.25) is 14.4 Å². The molecule has 0 atom stereocenters. The molecule has 0 aliphatic rings. The third-order valence-electron chi connectivity index (χ3n) is 5.41. The van der Waals surface area contributed by atoms with E-state index in [1.165, 1.54) is 6.92 Å². The Kier molecular flexibility index (Phi) is 6.89.